The smallest absolute Gasteiger partial charge is 0.411 e. The second-order valence-electron chi connectivity index (χ2n) is 4.99. The summed E-state index contributed by atoms with van der Waals surface area (Å²) in [6.45, 7) is 4.23. The number of hydrogen-bond donors (Lipinski definition) is 1. The number of benzene rings is 1. The number of nitrogens with one attached hydrogen (secondary N) is 1. The molecule has 1 heterocycles. The highest BCUT2D eigenvalue weighted by Gasteiger charge is 2.11. The molecule has 0 aliphatic rings. The minimum atomic E-state index is -0.512. The number of halogens is 1. The van der Waals surface area contributed by atoms with Crippen molar-refractivity contribution in [2.75, 3.05) is 11.9 Å². The van der Waals surface area contributed by atoms with Crippen molar-refractivity contribution in [3.8, 4) is 11.1 Å². The van der Waals surface area contributed by atoms with E-state index in [0.29, 0.717) is 12.3 Å². The van der Waals surface area contributed by atoms with Crippen LogP contribution < -0.4 is 5.32 Å². The minimum absolute atomic E-state index is 0.288. The fraction of sp³-hybridized carbons (Fsp3) is 0.294. The molecule has 2 rings (SSSR count). The molecular weight excluding hydrogens is 283 g/mol. The molecule has 1 aromatic carbocycles. The van der Waals surface area contributed by atoms with E-state index in [1.54, 1.807) is 24.5 Å². The van der Waals surface area contributed by atoms with Crippen molar-refractivity contribution in [3.05, 3.63) is 48.0 Å². The van der Waals surface area contributed by atoms with Crippen molar-refractivity contribution in [3.63, 3.8) is 0 Å². The highest BCUT2D eigenvalue weighted by molar-refractivity contribution is 5.91. The van der Waals surface area contributed by atoms with E-state index in [-0.39, 0.29) is 5.82 Å². The first-order valence-corrected chi connectivity index (χ1v) is 7.26. The number of anilines is 1. The predicted molar refractivity (Wildman–Crippen MR) is 84.2 cm³/mol. The van der Waals surface area contributed by atoms with E-state index < -0.39 is 6.09 Å². The van der Waals surface area contributed by atoms with E-state index >= 15 is 0 Å². The molecule has 0 spiro atoms. The third kappa shape index (κ3) is 4.04. The Balaban J connectivity index is 2.21. The van der Waals surface area contributed by atoms with Crippen molar-refractivity contribution in [2.45, 2.75) is 26.7 Å². The van der Waals surface area contributed by atoms with Crippen molar-refractivity contribution in [1.29, 1.82) is 0 Å². The van der Waals surface area contributed by atoms with E-state index in [2.05, 4.69) is 10.3 Å². The summed E-state index contributed by atoms with van der Waals surface area (Å²) in [4.78, 5) is 15.8. The van der Waals surface area contributed by atoms with Gasteiger partial charge in [0, 0.05) is 11.8 Å². The van der Waals surface area contributed by atoms with Crippen LogP contribution in [0.4, 0.5) is 14.9 Å². The first-order valence-electron chi connectivity index (χ1n) is 7.26. The summed E-state index contributed by atoms with van der Waals surface area (Å²) in [6.07, 6.45) is 4.46. The first kappa shape index (κ1) is 15.9. The summed E-state index contributed by atoms with van der Waals surface area (Å²) in [7, 11) is 0. The average Bonchev–Trinajstić information content (AvgIpc) is 2.48. The summed E-state index contributed by atoms with van der Waals surface area (Å²) in [5.41, 5.74) is 2.94. The van der Waals surface area contributed by atoms with E-state index in [1.165, 1.54) is 12.1 Å². The summed E-state index contributed by atoms with van der Waals surface area (Å²) in [5.74, 6) is -0.288. The van der Waals surface area contributed by atoms with Gasteiger partial charge in [0.2, 0.25) is 0 Å². The highest BCUT2D eigenvalue weighted by atomic mass is 19.1. The standard InChI is InChI=1S/C17H19FN2O2/c1-3-4-9-22-17(21)20-16-11-19-8-7-15(16)14-6-5-13(18)10-12(14)2/h5-8,10-11H,3-4,9H2,1-2H3,(H,20,21). The Morgan fingerprint density at radius 3 is 2.86 bits per heavy atom. The van der Waals surface area contributed by atoms with E-state index in [9.17, 15) is 9.18 Å². The number of amides is 1. The normalized spacial score (nSPS) is 10.3. The number of aryl methyl sites for hydroxylation is 1. The summed E-state index contributed by atoms with van der Waals surface area (Å²) in [5, 5.41) is 2.69. The topological polar surface area (TPSA) is 51.2 Å². The molecular formula is C17H19FN2O2. The van der Waals surface area contributed by atoms with E-state index in [0.717, 1.165) is 29.5 Å². The van der Waals surface area contributed by atoms with Crippen LogP contribution in [-0.2, 0) is 4.74 Å². The number of carbonyl (C=O) groups is 1. The fourth-order valence-corrected chi connectivity index (χ4v) is 2.11. The third-order valence-corrected chi connectivity index (χ3v) is 3.27. The maximum Gasteiger partial charge on any atom is 0.411 e. The molecule has 0 aliphatic carbocycles. The summed E-state index contributed by atoms with van der Waals surface area (Å²) < 4.78 is 18.3. The van der Waals surface area contributed by atoms with Crippen LogP contribution >= 0.6 is 0 Å². The average molecular weight is 302 g/mol. The van der Waals surface area contributed by atoms with Gasteiger partial charge in [-0.3, -0.25) is 10.3 Å². The minimum Gasteiger partial charge on any atom is -0.449 e. The van der Waals surface area contributed by atoms with Crippen LogP contribution in [-0.4, -0.2) is 17.7 Å². The number of aromatic nitrogens is 1. The summed E-state index contributed by atoms with van der Waals surface area (Å²) in [6, 6.07) is 6.32. The second-order valence-corrected chi connectivity index (χ2v) is 4.99. The molecule has 22 heavy (non-hydrogen) atoms. The van der Waals surface area contributed by atoms with Crippen molar-refractivity contribution < 1.29 is 13.9 Å². The molecule has 4 nitrogen and oxygen atoms in total. The van der Waals surface area contributed by atoms with Gasteiger partial charge in [-0.2, -0.15) is 0 Å². The van der Waals surface area contributed by atoms with Crippen LogP contribution in [0.1, 0.15) is 25.3 Å². The van der Waals surface area contributed by atoms with Crippen LogP contribution in [0.3, 0.4) is 0 Å². The predicted octanol–water partition coefficient (Wildman–Crippen LogP) is 4.54. The Labute approximate surface area is 129 Å². The number of rotatable bonds is 5. The molecule has 1 aromatic heterocycles. The van der Waals surface area contributed by atoms with Gasteiger partial charge in [-0.25, -0.2) is 9.18 Å². The highest BCUT2D eigenvalue weighted by Crippen LogP contribution is 2.30. The summed E-state index contributed by atoms with van der Waals surface area (Å²) >= 11 is 0. The fourth-order valence-electron chi connectivity index (χ4n) is 2.11. The largest absolute Gasteiger partial charge is 0.449 e. The van der Waals surface area contributed by atoms with Gasteiger partial charge in [-0.1, -0.05) is 19.4 Å². The van der Waals surface area contributed by atoms with Gasteiger partial charge >= 0.3 is 6.09 Å². The molecule has 1 N–H and O–H groups in total. The van der Waals surface area contributed by atoms with Crippen LogP contribution in [0.5, 0.6) is 0 Å². The number of ether oxygens (including phenoxy) is 1. The van der Waals surface area contributed by atoms with Crippen LogP contribution in [0.25, 0.3) is 11.1 Å². The zero-order valence-corrected chi connectivity index (χ0v) is 12.7. The lowest BCUT2D eigenvalue weighted by molar-refractivity contribution is 0.160. The van der Waals surface area contributed by atoms with Gasteiger partial charge in [0.15, 0.2) is 0 Å². The molecule has 5 heteroatoms. The molecule has 0 radical (unpaired) electrons. The molecule has 0 saturated carbocycles. The molecule has 2 aromatic rings. The van der Waals surface area contributed by atoms with Gasteiger partial charge in [0.1, 0.15) is 5.82 Å². The number of unbranched alkanes of at least 4 members (excludes halogenated alkanes) is 1. The van der Waals surface area contributed by atoms with Gasteiger partial charge in [0.05, 0.1) is 18.5 Å². The first-order chi connectivity index (χ1) is 10.6. The Morgan fingerprint density at radius 2 is 2.14 bits per heavy atom. The van der Waals surface area contributed by atoms with Crippen LogP contribution in [0.15, 0.2) is 36.7 Å². The van der Waals surface area contributed by atoms with Crippen LogP contribution in [0, 0.1) is 12.7 Å². The molecule has 0 bridgehead atoms. The molecule has 0 saturated heterocycles. The number of nitrogens with zero attached hydrogens (tertiary/aromatic N) is 1. The zero-order valence-electron chi connectivity index (χ0n) is 12.7. The van der Waals surface area contributed by atoms with E-state index in [4.69, 9.17) is 4.74 Å². The van der Waals surface area contributed by atoms with Gasteiger partial charge in [0.25, 0.3) is 0 Å². The lowest BCUT2D eigenvalue weighted by Gasteiger charge is -2.13. The SMILES string of the molecule is CCCCOC(=O)Nc1cnccc1-c1ccc(F)cc1C. The maximum atomic E-state index is 13.2. The zero-order chi connectivity index (χ0) is 15.9. The van der Waals surface area contributed by atoms with Gasteiger partial charge < -0.3 is 4.74 Å². The number of pyridine rings is 1. The Kier molecular flexibility index (Phi) is 5.47. The lowest BCUT2D eigenvalue weighted by Crippen LogP contribution is -2.15. The Morgan fingerprint density at radius 1 is 1.32 bits per heavy atom. The molecule has 0 atom stereocenters. The third-order valence-electron chi connectivity index (χ3n) is 3.27. The molecule has 0 aliphatic heterocycles. The molecule has 0 unspecified atom stereocenters. The molecule has 0 fully saturated rings. The Hall–Kier alpha value is -2.43. The quantitative estimate of drug-likeness (QED) is 0.825. The second kappa shape index (κ2) is 7.54. The lowest BCUT2D eigenvalue weighted by atomic mass is 10.0. The molecule has 116 valence electrons. The van der Waals surface area contributed by atoms with E-state index in [1.807, 2.05) is 13.8 Å². The van der Waals surface area contributed by atoms with Gasteiger partial charge in [-0.15, -0.1) is 0 Å². The van der Waals surface area contributed by atoms with Gasteiger partial charge in [-0.05, 0) is 42.7 Å². The monoisotopic (exact) mass is 302 g/mol. The number of hydrogen-bond acceptors (Lipinski definition) is 3. The maximum absolute atomic E-state index is 13.2. The van der Waals surface area contributed by atoms with Crippen molar-refractivity contribution in [1.82, 2.24) is 4.98 Å². The number of carbonyl (C=O) groups excluding carboxylic acids is 1. The van der Waals surface area contributed by atoms with Crippen LogP contribution in [0.2, 0.25) is 0 Å². The molecule has 1 amide bonds. The Bertz CT molecular complexity index is 659. The van der Waals surface area contributed by atoms with Crippen molar-refractivity contribution >= 4 is 11.8 Å². The van der Waals surface area contributed by atoms with Crippen molar-refractivity contribution in [2.24, 2.45) is 0 Å².